The minimum atomic E-state index is 0.0749. The van der Waals surface area contributed by atoms with Gasteiger partial charge in [-0.2, -0.15) is 0 Å². The summed E-state index contributed by atoms with van der Waals surface area (Å²) in [6.07, 6.45) is 0.827. The maximum absolute atomic E-state index is 5.82. The number of nitrogens with two attached hydrogens (primary N) is 1. The van der Waals surface area contributed by atoms with E-state index in [9.17, 15) is 0 Å². The first-order chi connectivity index (χ1) is 6.72. The van der Waals surface area contributed by atoms with E-state index >= 15 is 0 Å². The van der Waals surface area contributed by atoms with Gasteiger partial charge in [0.25, 0.3) is 0 Å². The van der Waals surface area contributed by atoms with Gasteiger partial charge in [-0.1, -0.05) is 15.9 Å². The zero-order valence-electron chi connectivity index (χ0n) is 7.92. The third kappa shape index (κ3) is 1.60. The van der Waals surface area contributed by atoms with Crippen molar-refractivity contribution in [3.8, 4) is 11.5 Å². The summed E-state index contributed by atoms with van der Waals surface area (Å²) in [6.45, 7) is 0.555. The van der Waals surface area contributed by atoms with Crippen LogP contribution in [0.3, 0.4) is 0 Å². The molecule has 4 heteroatoms. The maximum atomic E-state index is 5.82. The van der Waals surface area contributed by atoms with Crippen molar-refractivity contribution in [2.75, 3.05) is 13.7 Å². The van der Waals surface area contributed by atoms with Gasteiger partial charge >= 0.3 is 0 Å². The van der Waals surface area contributed by atoms with E-state index in [4.69, 9.17) is 15.2 Å². The molecule has 0 radical (unpaired) electrons. The van der Waals surface area contributed by atoms with Crippen molar-refractivity contribution >= 4 is 15.9 Å². The summed E-state index contributed by atoms with van der Waals surface area (Å²) in [6, 6.07) is 3.92. The number of fused-ring (bicyclic) bond motifs is 1. The van der Waals surface area contributed by atoms with Crippen LogP contribution in [0.5, 0.6) is 11.5 Å². The van der Waals surface area contributed by atoms with Crippen LogP contribution in [0.25, 0.3) is 0 Å². The molecule has 0 amide bonds. The molecule has 2 rings (SSSR count). The number of hydrogen-bond acceptors (Lipinski definition) is 3. The fourth-order valence-corrected chi connectivity index (χ4v) is 2.08. The van der Waals surface area contributed by atoms with E-state index in [-0.39, 0.29) is 6.04 Å². The third-order valence-electron chi connectivity index (χ3n) is 2.30. The molecule has 1 aromatic carbocycles. The first-order valence-corrected chi connectivity index (χ1v) is 5.25. The average Bonchev–Trinajstić information content (AvgIpc) is 2.19. The van der Waals surface area contributed by atoms with Crippen LogP contribution < -0.4 is 15.2 Å². The van der Waals surface area contributed by atoms with Crippen LogP contribution in [-0.2, 0) is 6.42 Å². The summed E-state index contributed by atoms with van der Waals surface area (Å²) < 4.78 is 11.8. The van der Waals surface area contributed by atoms with Gasteiger partial charge in [0.1, 0.15) is 6.61 Å². The van der Waals surface area contributed by atoms with E-state index in [0.29, 0.717) is 6.61 Å². The Morgan fingerprint density at radius 3 is 3.07 bits per heavy atom. The van der Waals surface area contributed by atoms with Crippen molar-refractivity contribution in [1.82, 2.24) is 0 Å². The molecular formula is C10H12BrNO2. The second kappa shape index (κ2) is 3.79. The number of benzene rings is 1. The summed E-state index contributed by atoms with van der Waals surface area (Å²) >= 11 is 3.48. The van der Waals surface area contributed by atoms with Crippen molar-refractivity contribution in [1.29, 1.82) is 0 Å². The number of halogens is 1. The van der Waals surface area contributed by atoms with E-state index in [1.165, 1.54) is 0 Å². The van der Waals surface area contributed by atoms with E-state index in [0.717, 1.165) is 28.0 Å². The first-order valence-electron chi connectivity index (χ1n) is 4.46. The van der Waals surface area contributed by atoms with Crippen molar-refractivity contribution < 1.29 is 9.47 Å². The van der Waals surface area contributed by atoms with Gasteiger partial charge in [-0.3, -0.25) is 0 Å². The average molecular weight is 258 g/mol. The van der Waals surface area contributed by atoms with Crippen LogP contribution in [0, 0.1) is 0 Å². The highest BCUT2D eigenvalue weighted by atomic mass is 79.9. The van der Waals surface area contributed by atoms with Crippen LogP contribution in [0.4, 0.5) is 0 Å². The Morgan fingerprint density at radius 2 is 2.36 bits per heavy atom. The predicted molar refractivity (Wildman–Crippen MR) is 57.9 cm³/mol. The fourth-order valence-electron chi connectivity index (χ4n) is 1.60. The Labute approximate surface area is 91.3 Å². The van der Waals surface area contributed by atoms with Crippen molar-refractivity contribution in [2.45, 2.75) is 12.5 Å². The standard InChI is InChI=1S/C10H12BrNO2/c1-13-9-3-2-8(11)7-4-6(12)5-14-10(7)9/h2-3,6H,4-5,12H2,1H3. The Hall–Kier alpha value is -0.740. The molecule has 14 heavy (non-hydrogen) atoms. The monoisotopic (exact) mass is 257 g/mol. The second-order valence-electron chi connectivity index (χ2n) is 3.33. The van der Waals surface area contributed by atoms with Crippen LogP contribution in [0.15, 0.2) is 16.6 Å². The maximum Gasteiger partial charge on any atom is 0.165 e. The molecule has 1 aliphatic heterocycles. The molecule has 0 bridgehead atoms. The highest BCUT2D eigenvalue weighted by molar-refractivity contribution is 9.10. The molecule has 1 aliphatic rings. The summed E-state index contributed by atoms with van der Waals surface area (Å²) in [5.41, 5.74) is 6.92. The van der Waals surface area contributed by atoms with Gasteiger partial charge in [-0.15, -0.1) is 0 Å². The number of rotatable bonds is 1. The molecule has 0 aromatic heterocycles. The van der Waals surface area contributed by atoms with Gasteiger partial charge in [-0.05, 0) is 18.6 Å². The van der Waals surface area contributed by atoms with Gasteiger partial charge in [-0.25, -0.2) is 0 Å². The lowest BCUT2D eigenvalue weighted by atomic mass is 10.0. The summed E-state index contributed by atoms with van der Waals surface area (Å²) in [5, 5.41) is 0. The van der Waals surface area contributed by atoms with Crippen LogP contribution >= 0.6 is 15.9 Å². The molecule has 1 unspecified atom stereocenters. The van der Waals surface area contributed by atoms with Gasteiger partial charge < -0.3 is 15.2 Å². The molecule has 0 saturated carbocycles. The Balaban J connectivity index is 2.49. The predicted octanol–water partition coefficient (Wildman–Crippen LogP) is 1.72. The van der Waals surface area contributed by atoms with Gasteiger partial charge in [0, 0.05) is 16.1 Å². The Kier molecular flexibility index (Phi) is 2.65. The minimum Gasteiger partial charge on any atom is -0.493 e. The lowest BCUT2D eigenvalue weighted by Crippen LogP contribution is -2.34. The molecule has 0 fully saturated rings. The first kappa shape index (κ1) is 9.80. The highest BCUT2D eigenvalue weighted by Crippen LogP contribution is 2.38. The van der Waals surface area contributed by atoms with Gasteiger partial charge in [0.2, 0.25) is 0 Å². The van der Waals surface area contributed by atoms with E-state index in [1.807, 2.05) is 12.1 Å². The summed E-state index contributed by atoms with van der Waals surface area (Å²) in [5.74, 6) is 1.60. The van der Waals surface area contributed by atoms with E-state index in [2.05, 4.69) is 15.9 Å². The van der Waals surface area contributed by atoms with E-state index < -0.39 is 0 Å². The minimum absolute atomic E-state index is 0.0749. The quantitative estimate of drug-likeness (QED) is 0.834. The topological polar surface area (TPSA) is 44.5 Å². The van der Waals surface area contributed by atoms with Crippen molar-refractivity contribution in [2.24, 2.45) is 5.73 Å². The van der Waals surface area contributed by atoms with Crippen LogP contribution in [0.1, 0.15) is 5.56 Å². The number of hydrogen-bond donors (Lipinski definition) is 1. The molecule has 0 spiro atoms. The lowest BCUT2D eigenvalue weighted by Gasteiger charge is -2.24. The third-order valence-corrected chi connectivity index (χ3v) is 3.04. The highest BCUT2D eigenvalue weighted by Gasteiger charge is 2.22. The zero-order chi connectivity index (χ0) is 10.1. The van der Waals surface area contributed by atoms with Crippen molar-refractivity contribution in [3.05, 3.63) is 22.2 Å². The molecule has 0 aliphatic carbocycles. The molecule has 3 nitrogen and oxygen atoms in total. The lowest BCUT2D eigenvalue weighted by molar-refractivity contribution is 0.248. The normalized spacial score (nSPS) is 19.8. The molecule has 2 N–H and O–H groups in total. The molecule has 1 heterocycles. The summed E-state index contributed by atoms with van der Waals surface area (Å²) in [7, 11) is 1.64. The summed E-state index contributed by atoms with van der Waals surface area (Å²) in [4.78, 5) is 0. The molecule has 1 atom stereocenters. The largest absolute Gasteiger partial charge is 0.493 e. The van der Waals surface area contributed by atoms with Gasteiger partial charge in [0.05, 0.1) is 7.11 Å². The number of methoxy groups -OCH3 is 1. The molecular weight excluding hydrogens is 246 g/mol. The van der Waals surface area contributed by atoms with Crippen molar-refractivity contribution in [3.63, 3.8) is 0 Å². The Morgan fingerprint density at radius 1 is 1.57 bits per heavy atom. The number of ether oxygens (including phenoxy) is 2. The van der Waals surface area contributed by atoms with Crippen LogP contribution in [0.2, 0.25) is 0 Å². The van der Waals surface area contributed by atoms with Crippen LogP contribution in [-0.4, -0.2) is 19.8 Å². The fraction of sp³-hybridized carbons (Fsp3) is 0.400. The zero-order valence-corrected chi connectivity index (χ0v) is 9.50. The second-order valence-corrected chi connectivity index (χ2v) is 4.19. The Bertz CT molecular complexity index is 354. The molecule has 76 valence electrons. The van der Waals surface area contributed by atoms with Gasteiger partial charge in [0.15, 0.2) is 11.5 Å². The SMILES string of the molecule is COc1ccc(Br)c2c1OCC(N)C2. The molecule has 0 saturated heterocycles. The smallest absolute Gasteiger partial charge is 0.165 e. The van der Waals surface area contributed by atoms with E-state index in [1.54, 1.807) is 7.11 Å². The molecule has 1 aromatic rings.